The molecule has 98 valence electrons. The summed E-state index contributed by atoms with van der Waals surface area (Å²) in [7, 11) is 0. The lowest BCUT2D eigenvalue weighted by Crippen LogP contribution is -1.87. The van der Waals surface area contributed by atoms with Crippen LogP contribution < -0.4 is 0 Å². The highest BCUT2D eigenvalue weighted by Gasteiger charge is 2.12. The van der Waals surface area contributed by atoms with Gasteiger partial charge >= 0.3 is 0 Å². The summed E-state index contributed by atoms with van der Waals surface area (Å²) >= 11 is 4.80. The van der Waals surface area contributed by atoms with E-state index in [1.165, 1.54) is 17.5 Å². The fourth-order valence-corrected chi connectivity index (χ4v) is 1.88. The lowest BCUT2D eigenvalue weighted by atomic mass is 10.1. The van der Waals surface area contributed by atoms with Crippen molar-refractivity contribution in [2.45, 2.75) is 0 Å². The lowest BCUT2D eigenvalue weighted by molar-refractivity contribution is 0.432. The van der Waals surface area contributed by atoms with Crippen molar-refractivity contribution in [3.8, 4) is 23.0 Å². The molecule has 0 aliphatic carbocycles. The highest BCUT2D eigenvalue weighted by Crippen LogP contribution is 2.22. The third kappa shape index (κ3) is 2.46. The normalized spacial score (nSPS) is 10.4. The van der Waals surface area contributed by atoms with Gasteiger partial charge in [-0.15, -0.1) is 0 Å². The average molecular weight is 285 g/mol. The molecule has 2 heterocycles. The minimum atomic E-state index is -0.406. The molecule has 0 spiro atoms. The summed E-state index contributed by atoms with van der Waals surface area (Å²) in [6, 6.07) is 9.73. The smallest absolute Gasteiger partial charge is 0.258 e. The monoisotopic (exact) mass is 285 g/mol. The molecule has 4 nitrogen and oxygen atoms in total. The molecule has 0 aliphatic heterocycles. The predicted octanol–water partition coefficient (Wildman–Crippen LogP) is 3.29. The quantitative estimate of drug-likeness (QED) is 0.691. The van der Waals surface area contributed by atoms with Gasteiger partial charge in [0.25, 0.3) is 5.89 Å². The van der Waals surface area contributed by atoms with E-state index in [0.717, 1.165) is 0 Å². The first-order valence-electron chi connectivity index (χ1n) is 5.77. The molecule has 0 radical (unpaired) electrons. The van der Waals surface area contributed by atoms with Crippen molar-refractivity contribution in [3.05, 3.63) is 54.0 Å². The zero-order valence-corrected chi connectivity index (χ0v) is 11.0. The van der Waals surface area contributed by atoms with E-state index in [1.54, 1.807) is 24.4 Å². The molecule has 2 aromatic heterocycles. The summed E-state index contributed by atoms with van der Waals surface area (Å²) in [5.41, 5.74) is 1.65. The number of rotatable bonds is 3. The topological polar surface area (TPSA) is 51.8 Å². The van der Waals surface area contributed by atoms with Crippen LogP contribution in [0.4, 0.5) is 4.39 Å². The summed E-state index contributed by atoms with van der Waals surface area (Å²) in [5, 5.41) is 5.23. The Balaban J connectivity index is 2.02. The van der Waals surface area contributed by atoms with E-state index < -0.39 is 5.82 Å². The maximum atomic E-state index is 13.5. The Bertz CT molecular complexity index is 758. The number of thiocarbonyl (C=S) groups is 1. The number of aromatic nitrogens is 3. The van der Waals surface area contributed by atoms with Gasteiger partial charge in [-0.05, 0) is 35.9 Å². The van der Waals surface area contributed by atoms with E-state index >= 15 is 0 Å². The molecule has 0 bridgehead atoms. The van der Waals surface area contributed by atoms with Gasteiger partial charge in [0.15, 0.2) is 0 Å². The van der Waals surface area contributed by atoms with E-state index in [4.69, 9.17) is 16.7 Å². The molecule has 6 heteroatoms. The van der Waals surface area contributed by atoms with Crippen LogP contribution in [0.25, 0.3) is 23.0 Å². The van der Waals surface area contributed by atoms with E-state index in [0.29, 0.717) is 22.6 Å². The number of benzene rings is 1. The fourth-order valence-electron chi connectivity index (χ4n) is 1.74. The van der Waals surface area contributed by atoms with Gasteiger partial charge in [0.1, 0.15) is 11.5 Å². The van der Waals surface area contributed by atoms with E-state index in [1.807, 2.05) is 6.07 Å². The lowest BCUT2D eigenvalue weighted by Gasteiger charge is -1.97. The predicted molar refractivity (Wildman–Crippen MR) is 75.7 cm³/mol. The summed E-state index contributed by atoms with van der Waals surface area (Å²) in [4.78, 5) is 8.34. The molecule has 3 aromatic rings. The SMILES string of the molecule is Fc1cc(C=S)cc(-c2nc(-c3ccccn3)no2)c1. The highest BCUT2D eigenvalue weighted by atomic mass is 32.1. The van der Waals surface area contributed by atoms with Crippen molar-refractivity contribution < 1.29 is 8.91 Å². The van der Waals surface area contributed by atoms with Gasteiger partial charge in [0.2, 0.25) is 5.82 Å². The average Bonchev–Trinajstić information content (AvgIpc) is 2.97. The first-order valence-corrected chi connectivity index (χ1v) is 6.24. The van der Waals surface area contributed by atoms with Crippen molar-refractivity contribution in [1.82, 2.24) is 15.1 Å². The van der Waals surface area contributed by atoms with Crippen LogP contribution in [0, 0.1) is 5.82 Å². The van der Waals surface area contributed by atoms with Gasteiger partial charge in [-0.1, -0.05) is 23.4 Å². The van der Waals surface area contributed by atoms with Gasteiger partial charge in [0.05, 0.1) is 0 Å². The Labute approximate surface area is 119 Å². The Hall–Kier alpha value is -2.47. The maximum absolute atomic E-state index is 13.5. The standard InChI is InChI=1S/C14H8FN3OS/c15-11-6-9(8-20)5-10(7-11)14-17-13(18-19-14)12-3-1-2-4-16-12/h1-8H. The molecule has 0 atom stereocenters. The third-order valence-corrected chi connectivity index (χ3v) is 2.90. The van der Waals surface area contributed by atoms with Crippen LogP contribution >= 0.6 is 12.2 Å². The number of hydrogen-bond acceptors (Lipinski definition) is 5. The molecule has 0 saturated heterocycles. The van der Waals surface area contributed by atoms with Crippen LogP contribution in [0.15, 0.2) is 47.1 Å². The molecule has 0 N–H and O–H groups in total. The zero-order chi connectivity index (χ0) is 13.9. The minimum absolute atomic E-state index is 0.225. The molecule has 0 unspecified atom stereocenters. The number of hydrogen-bond donors (Lipinski definition) is 0. The largest absolute Gasteiger partial charge is 0.334 e. The molecule has 0 amide bonds. The molecule has 0 aliphatic rings. The maximum Gasteiger partial charge on any atom is 0.258 e. The Morgan fingerprint density at radius 1 is 1.20 bits per heavy atom. The molecular weight excluding hydrogens is 277 g/mol. The van der Waals surface area contributed by atoms with Crippen molar-refractivity contribution in [1.29, 1.82) is 0 Å². The Morgan fingerprint density at radius 3 is 2.85 bits per heavy atom. The molecule has 3 rings (SSSR count). The van der Waals surface area contributed by atoms with Crippen LogP contribution in [0.1, 0.15) is 5.56 Å². The van der Waals surface area contributed by atoms with Gasteiger partial charge in [0, 0.05) is 17.1 Å². The molecule has 0 fully saturated rings. The van der Waals surface area contributed by atoms with Gasteiger partial charge in [-0.2, -0.15) is 4.98 Å². The second-order valence-corrected chi connectivity index (χ2v) is 4.26. The molecule has 0 saturated carbocycles. The van der Waals surface area contributed by atoms with Crippen LogP contribution in [0.5, 0.6) is 0 Å². The van der Waals surface area contributed by atoms with Crippen molar-refractivity contribution in [2.24, 2.45) is 0 Å². The summed E-state index contributed by atoms with van der Waals surface area (Å²) in [6.07, 6.45) is 1.64. The van der Waals surface area contributed by atoms with Gasteiger partial charge < -0.3 is 4.52 Å². The van der Waals surface area contributed by atoms with Gasteiger partial charge in [-0.25, -0.2) is 4.39 Å². The molecule has 1 aromatic carbocycles. The van der Waals surface area contributed by atoms with Crippen LogP contribution in [0.3, 0.4) is 0 Å². The van der Waals surface area contributed by atoms with Crippen LogP contribution in [-0.2, 0) is 0 Å². The highest BCUT2D eigenvalue weighted by molar-refractivity contribution is 7.79. The number of nitrogens with zero attached hydrogens (tertiary/aromatic N) is 3. The Kier molecular flexibility index (Phi) is 3.30. The number of pyridine rings is 1. The molecule has 20 heavy (non-hydrogen) atoms. The second-order valence-electron chi connectivity index (χ2n) is 4.03. The van der Waals surface area contributed by atoms with Crippen molar-refractivity contribution in [2.75, 3.05) is 0 Å². The van der Waals surface area contributed by atoms with Gasteiger partial charge in [-0.3, -0.25) is 4.98 Å². The van der Waals surface area contributed by atoms with E-state index in [9.17, 15) is 4.39 Å². The van der Waals surface area contributed by atoms with Crippen molar-refractivity contribution in [3.63, 3.8) is 0 Å². The third-order valence-electron chi connectivity index (χ3n) is 2.62. The Morgan fingerprint density at radius 2 is 2.10 bits per heavy atom. The summed E-state index contributed by atoms with van der Waals surface area (Å²) in [5.74, 6) is 0.174. The zero-order valence-electron chi connectivity index (χ0n) is 10.2. The molecular formula is C14H8FN3OS. The fraction of sp³-hybridized carbons (Fsp3) is 0. The summed E-state index contributed by atoms with van der Waals surface area (Å²) in [6.45, 7) is 0. The van der Waals surface area contributed by atoms with Crippen molar-refractivity contribution >= 4 is 17.6 Å². The van der Waals surface area contributed by atoms with E-state index in [2.05, 4.69) is 15.1 Å². The van der Waals surface area contributed by atoms with E-state index in [-0.39, 0.29) is 5.89 Å². The minimum Gasteiger partial charge on any atom is -0.334 e. The second kappa shape index (κ2) is 5.26. The number of halogens is 1. The van der Waals surface area contributed by atoms with Crippen LogP contribution in [-0.4, -0.2) is 20.5 Å². The first-order chi connectivity index (χ1) is 9.76. The summed E-state index contributed by atoms with van der Waals surface area (Å²) < 4.78 is 18.6. The first kappa shape index (κ1) is 12.6. The van der Waals surface area contributed by atoms with Crippen LogP contribution in [0.2, 0.25) is 0 Å².